The summed E-state index contributed by atoms with van der Waals surface area (Å²) in [5, 5.41) is 15.4. The molecular formula is C6H5N3. The first kappa shape index (κ1) is 5.70. The van der Waals surface area contributed by atoms with E-state index < -0.39 is 0 Å². The van der Waals surface area contributed by atoms with E-state index in [4.69, 9.17) is 5.26 Å². The summed E-state index contributed by atoms with van der Waals surface area (Å²) < 4.78 is 0. The van der Waals surface area contributed by atoms with Crippen molar-refractivity contribution in [2.75, 3.05) is 0 Å². The normalized spacial score (nSPS) is 8.44. The zero-order valence-electron chi connectivity index (χ0n) is 5.00. The maximum Gasteiger partial charge on any atom is 0.163 e. The first-order valence-electron chi connectivity index (χ1n) is 2.52. The zero-order chi connectivity index (χ0) is 6.69. The Bertz CT molecular complexity index is 249. The third-order valence-corrected chi connectivity index (χ3v) is 0.906. The van der Waals surface area contributed by atoms with E-state index in [2.05, 4.69) is 10.2 Å². The van der Waals surface area contributed by atoms with Crippen LogP contribution in [0.4, 0.5) is 0 Å². The highest BCUT2D eigenvalue weighted by atomic mass is 15.1. The molecule has 0 spiro atoms. The Morgan fingerprint density at radius 3 is 2.89 bits per heavy atom. The number of hydrogen-bond acceptors (Lipinski definition) is 3. The topological polar surface area (TPSA) is 49.6 Å². The molecule has 0 radical (unpaired) electrons. The summed E-state index contributed by atoms with van der Waals surface area (Å²) in [6, 6.07) is 3.58. The van der Waals surface area contributed by atoms with Gasteiger partial charge in [-0.15, -0.1) is 5.10 Å². The molecule has 0 aromatic carbocycles. The van der Waals surface area contributed by atoms with Crippen LogP contribution in [-0.4, -0.2) is 10.2 Å². The molecule has 9 heavy (non-hydrogen) atoms. The van der Waals surface area contributed by atoms with E-state index in [1.807, 2.05) is 13.0 Å². The predicted molar refractivity (Wildman–Crippen MR) is 31.5 cm³/mol. The van der Waals surface area contributed by atoms with Crippen LogP contribution in [0, 0.1) is 18.3 Å². The number of rotatable bonds is 0. The lowest BCUT2D eigenvalue weighted by molar-refractivity contribution is 0.994. The Morgan fingerprint density at radius 1 is 1.67 bits per heavy atom. The lowest BCUT2D eigenvalue weighted by atomic mass is 10.3. The number of nitrogens with zero attached hydrogens (tertiary/aromatic N) is 3. The van der Waals surface area contributed by atoms with Gasteiger partial charge < -0.3 is 0 Å². The monoisotopic (exact) mass is 119 g/mol. The fourth-order valence-corrected chi connectivity index (χ4v) is 0.519. The second-order valence-electron chi connectivity index (χ2n) is 1.73. The van der Waals surface area contributed by atoms with Gasteiger partial charge in [0, 0.05) is 0 Å². The van der Waals surface area contributed by atoms with Crippen LogP contribution in [0.25, 0.3) is 0 Å². The standard InChI is InChI=1S/C6H5N3/c1-5-2-6(3-7)9-8-4-5/h2,4H,1H3. The van der Waals surface area contributed by atoms with Crippen molar-refractivity contribution in [2.24, 2.45) is 0 Å². The van der Waals surface area contributed by atoms with Crippen molar-refractivity contribution in [1.82, 2.24) is 10.2 Å². The summed E-state index contributed by atoms with van der Waals surface area (Å²) in [6.07, 6.45) is 1.61. The highest BCUT2D eigenvalue weighted by Crippen LogP contribution is 1.93. The maximum absolute atomic E-state index is 8.31. The first-order chi connectivity index (χ1) is 4.33. The van der Waals surface area contributed by atoms with Crippen LogP contribution in [0.5, 0.6) is 0 Å². The van der Waals surface area contributed by atoms with E-state index in [0.29, 0.717) is 5.69 Å². The van der Waals surface area contributed by atoms with Gasteiger partial charge in [0.25, 0.3) is 0 Å². The average molecular weight is 119 g/mol. The molecule has 0 aliphatic rings. The molecule has 0 saturated heterocycles. The van der Waals surface area contributed by atoms with Gasteiger partial charge in [-0.3, -0.25) is 0 Å². The van der Waals surface area contributed by atoms with Gasteiger partial charge >= 0.3 is 0 Å². The third-order valence-electron chi connectivity index (χ3n) is 0.906. The molecule has 0 atom stereocenters. The highest BCUT2D eigenvalue weighted by Gasteiger charge is 1.89. The van der Waals surface area contributed by atoms with Crippen LogP contribution in [0.3, 0.4) is 0 Å². The number of aromatic nitrogens is 2. The van der Waals surface area contributed by atoms with Crippen LogP contribution in [0.1, 0.15) is 11.3 Å². The fraction of sp³-hybridized carbons (Fsp3) is 0.167. The minimum Gasteiger partial charge on any atom is -0.191 e. The number of hydrogen-bond donors (Lipinski definition) is 0. The van der Waals surface area contributed by atoms with Crippen molar-refractivity contribution in [3.63, 3.8) is 0 Å². The lowest BCUT2D eigenvalue weighted by Crippen LogP contribution is -1.86. The van der Waals surface area contributed by atoms with Gasteiger partial charge in [-0.25, -0.2) is 0 Å². The van der Waals surface area contributed by atoms with E-state index in [-0.39, 0.29) is 0 Å². The fourth-order valence-electron chi connectivity index (χ4n) is 0.519. The molecule has 44 valence electrons. The molecule has 0 fully saturated rings. The summed E-state index contributed by atoms with van der Waals surface area (Å²) in [4.78, 5) is 0. The van der Waals surface area contributed by atoms with Crippen molar-refractivity contribution in [3.8, 4) is 6.07 Å². The number of nitriles is 1. The lowest BCUT2D eigenvalue weighted by Gasteiger charge is -1.86. The molecule has 1 rings (SSSR count). The molecule has 0 bridgehead atoms. The predicted octanol–water partition coefficient (Wildman–Crippen LogP) is 0.657. The summed E-state index contributed by atoms with van der Waals surface area (Å²) in [6.45, 7) is 1.87. The van der Waals surface area contributed by atoms with E-state index in [1.165, 1.54) is 0 Å². The minimum absolute atomic E-state index is 0.370. The molecular weight excluding hydrogens is 114 g/mol. The van der Waals surface area contributed by atoms with Crippen molar-refractivity contribution < 1.29 is 0 Å². The van der Waals surface area contributed by atoms with E-state index in [1.54, 1.807) is 12.3 Å². The molecule has 3 heteroatoms. The van der Waals surface area contributed by atoms with Crippen LogP contribution < -0.4 is 0 Å². The largest absolute Gasteiger partial charge is 0.191 e. The molecule has 0 unspecified atom stereocenters. The minimum atomic E-state index is 0.370. The van der Waals surface area contributed by atoms with Gasteiger partial charge in [-0.05, 0) is 18.6 Å². The Labute approximate surface area is 53.0 Å². The Kier molecular flexibility index (Phi) is 1.41. The quantitative estimate of drug-likeness (QED) is 0.504. The average Bonchev–Trinajstić information content (AvgIpc) is 1.88. The van der Waals surface area contributed by atoms with E-state index in [0.717, 1.165) is 5.56 Å². The zero-order valence-corrected chi connectivity index (χ0v) is 5.00. The maximum atomic E-state index is 8.31. The van der Waals surface area contributed by atoms with E-state index >= 15 is 0 Å². The molecule has 0 aliphatic heterocycles. The molecule has 0 saturated carbocycles. The van der Waals surface area contributed by atoms with Gasteiger partial charge in [0.1, 0.15) is 6.07 Å². The van der Waals surface area contributed by atoms with E-state index in [9.17, 15) is 0 Å². The summed E-state index contributed by atoms with van der Waals surface area (Å²) in [7, 11) is 0. The summed E-state index contributed by atoms with van der Waals surface area (Å²) in [5.41, 5.74) is 1.33. The van der Waals surface area contributed by atoms with Crippen molar-refractivity contribution >= 4 is 0 Å². The van der Waals surface area contributed by atoms with Gasteiger partial charge in [0.05, 0.1) is 6.20 Å². The first-order valence-corrected chi connectivity index (χ1v) is 2.52. The number of aryl methyl sites for hydroxylation is 1. The Hall–Kier alpha value is -1.43. The van der Waals surface area contributed by atoms with Gasteiger partial charge in [-0.2, -0.15) is 10.4 Å². The second kappa shape index (κ2) is 2.23. The Balaban J connectivity index is 3.12. The summed E-state index contributed by atoms with van der Waals surface area (Å²) in [5.74, 6) is 0. The van der Waals surface area contributed by atoms with Crippen molar-refractivity contribution in [2.45, 2.75) is 6.92 Å². The third kappa shape index (κ3) is 1.23. The molecule has 1 aromatic rings. The van der Waals surface area contributed by atoms with Crippen LogP contribution in [0.2, 0.25) is 0 Å². The van der Waals surface area contributed by atoms with Crippen LogP contribution >= 0.6 is 0 Å². The molecule has 0 amide bonds. The van der Waals surface area contributed by atoms with Crippen molar-refractivity contribution in [3.05, 3.63) is 23.5 Å². The SMILES string of the molecule is Cc1cnnc(C#N)c1. The molecule has 1 aromatic heterocycles. The van der Waals surface area contributed by atoms with Crippen LogP contribution in [-0.2, 0) is 0 Å². The second-order valence-corrected chi connectivity index (χ2v) is 1.73. The molecule has 3 nitrogen and oxygen atoms in total. The van der Waals surface area contributed by atoms with Gasteiger partial charge in [0.2, 0.25) is 0 Å². The Morgan fingerprint density at radius 2 is 2.44 bits per heavy atom. The molecule has 0 N–H and O–H groups in total. The summed E-state index contributed by atoms with van der Waals surface area (Å²) >= 11 is 0. The smallest absolute Gasteiger partial charge is 0.163 e. The van der Waals surface area contributed by atoms with Crippen LogP contribution in [0.15, 0.2) is 12.3 Å². The molecule has 0 aliphatic carbocycles. The van der Waals surface area contributed by atoms with Crippen molar-refractivity contribution in [1.29, 1.82) is 5.26 Å². The van der Waals surface area contributed by atoms with Gasteiger partial charge in [-0.1, -0.05) is 0 Å². The van der Waals surface area contributed by atoms with Gasteiger partial charge in [0.15, 0.2) is 5.69 Å². The highest BCUT2D eigenvalue weighted by molar-refractivity contribution is 5.21. The molecule has 1 heterocycles.